The lowest BCUT2D eigenvalue weighted by atomic mass is 10.3. The van der Waals surface area contributed by atoms with Crippen molar-refractivity contribution in [1.82, 2.24) is 4.31 Å². The van der Waals surface area contributed by atoms with Gasteiger partial charge in [-0.3, -0.25) is 9.59 Å². The number of carbonyl (C=O) groups is 2. The minimum absolute atomic E-state index is 0.0640. The predicted octanol–water partition coefficient (Wildman–Crippen LogP) is 2.10. The van der Waals surface area contributed by atoms with E-state index in [2.05, 4.69) is 10.1 Å². The Morgan fingerprint density at radius 1 is 1.25 bits per heavy atom. The Hall–Kier alpha value is -1.78. The Bertz CT molecular complexity index is 791. The van der Waals surface area contributed by atoms with Crippen molar-refractivity contribution in [2.45, 2.75) is 31.1 Å². The molecule has 2 rings (SSSR count). The molecule has 1 saturated heterocycles. The number of nitrogens with zero attached hydrogens (tertiary/aromatic N) is 1. The number of ether oxygens (including phenoxy) is 2. The first-order valence-electron chi connectivity index (χ1n) is 9.10. The standard InChI is InChI=1S/C18H26N2O6S2/c1-3-26-15-7-6-14(19-17(21)8-11-27-13-18(22)25-2)12-16(15)28(23,24)20-9-4-5-10-20/h6-7,12H,3-5,8-11,13H2,1-2H3,(H,19,21). The van der Waals surface area contributed by atoms with Gasteiger partial charge in [0.1, 0.15) is 10.6 Å². The van der Waals surface area contributed by atoms with E-state index in [1.165, 1.54) is 29.2 Å². The summed E-state index contributed by atoms with van der Waals surface area (Å²) in [6.07, 6.45) is 1.87. The average molecular weight is 431 g/mol. The van der Waals surface area contributed by atoms with Crippen molar-refractivity contribution in [3.63, 3.8) is 0 Å². The first-order valence-corrected chi connectivity index (χ1v) is 11.7. The smallest absolute Gasteiger partial charge is 0.315 e. The lowest BCUT2D eigenvalue weighted by molar-refractivity contribution is -0.137. The van der Waals surface area contributed by atoms with Crippen LogP contribution < -0.4 is 10.1 Å². The van der Waals surface area contributed by atoms with Gasteiger partial charge >= 0.3 is 5.97 Å². The van der Waals surface area contributed by atoms with Crippen LogP contribution in [0.2, 0.25) is 0 Å². The van der Waals surface area contributed by atoms with Crippen LogP contribution in [0.15, 0.2) is 23.1 Å². The summed E-state index contributed by atoms with van der Waals surface area (Å²) in [5, 5.41) is 2.71. The van der Waals surface area contributed by atoms with Crippen LogP contribution in [-0.4, -0.2) is 62.9 Å². The average Bonchev–Trinajstić information content (AvgIpc) is 3.22. The predicted molar refractivity (Wildman–Crippen MR) is 108 cm³/mol. The molecule has 1 aromatic rings. The second-order valence-electron chi connectivity index (χ2n) is 6.13. The van der Waals surface area contributed by atoms with Crippen LogP contribution in [0.1, 0.15) is 26.2 Å². The van der Waals surface area contributed by atoms with Gasteiger partial charge in [-0.2, -0.15) is 4.31 Å². The number of hydrogen-bond acceptors (Lipinski definition) is 7. The molecule has 1 aliphatic rings. The van der Waals surface area contributed by atoms with E-state index in [1.807, 2.05) is 0 Å². The number of methoxy groups -OCH3 is 1. The molecule has 28 heavy (non-hydrogen) atoms. The molecule has 10 heteroatoms. The molecule has 1 fully saturated rings. The lowest BCUT2D eigenvalue weighted by Crippen LogP contribution is -2.28. The molecule has 156 valence electrons. The fourth-order valence-corrected chi connectivity index (χ4v) is 5.17. The molecule has 0 radical (unpaired) electrons. The van der Waals surface area contributed by atoms with E-state index < -0.39 is 10.0 Å². The Morgan fingerprint density at radius 3 is 2.61 bits per heavy atom. The Kier molecular flexibility index (Phi) is 8.58. The Balaban J connectivity index is 2.07. The van der Waals surface area contributed by atoms with Crippen LogP contribution in [-0.2, 0) is 24.3 Å². The third kappa shape index (κ3) is 6.11. The highest BCUT2D eigenvalue weighted by Gasteiger charge is 2.30. The maximum absolute atomic E-state index is 13.0. The van der Waals surface area contributed by atoms with Crippen molar-refractivity contribution >= 4 is 39.3 Å². The van der Waals surface area contributed by atoms with Gasteiger partial charge in [-0.1, -0.05) is 0 Å². The first kappa shape index (κ1) is 22.5. The van der Waals surface area contributed by atoms with Crippen molar-refractivity contribution in [2.24, 2.45) is 0 Å². The molecule has 0 aliphatic carbocycles. The molecule has 1 amide bonds. The summed E-state index contributed by atoms with van der Waals surface area (Å²) in [4.78, 5) is 23.2. The molecule has 1 aliphatic heterocycles. The zero-order valence-corrected chi connectivity index (χ0v) is 17.7. The number of anilines is 1. The number of esters is 1. The highest BCUT2D eigenvalue weighted by Crippen LogP contribution is 2.31. The van der Waals surface area contributed by atoms with E-state index in [-0.39, 0.29) is 34.7 Å². The van der Waals surface area contributed by atoms with Gasteiger partial charge < -0.3 is 14.8 Å². The van der Waals surface area contributed by atoms with E-state index in [9.17, 15) is 18.0 Å². The number of benzene rings is 1. The normalized spacial score (nSPS) is 14.6. The van der Waals surface area contributed by atoms with Crippen molar-refractivity contribution in [3.05, 3.63) is 18.2 Å². The molecule has 1 aromatic carbocycles. The van der Waals surface area contributed by atoms with Gasteiger partial charge in [0.2, 0.25) is 15.9 Å². The number of amides is 1. The zero-order valence-electron chi connectivity index (χ0n) is 16.1. The molecule has 1 N–H and O–H groups in total. The van der Waals surface area contributed by atoms with Gasteiger partial charge in [-0.05, 0) is 38.0 Å². The highest BCUT2D eigenvalue weighted by molar-refractivity contribution is 7.99. The molecule has 0 bridgehead atoms. The highest BCUT2D eigenvalue weighted by atomic mass is 32.2. The van der Waals surface area contributed by atoms with Crippen molar-refractivity contribution in [2.75, 3.05) is 43.6 Å². The van der Waals surface area contributed by atoms with Crippen molar-refractivity contribution in [3.8, 4) is 5.75 Å². The monoisotopic (exact) mass is 430 g/mol. The van der Waals surface area contributed by atoms with Gasteiger partial charge in [0.05, 0.1) is 19.5 Å². The number of rotatable bonds is 10. The van der Waals surface area contributed by atoms with Crippen molar-refractivity contribution in [1.29, 1.82) is 0 Å². The van der Waals surface area contributed by atoms with Crippen LogP contribution in [0.3, 0.4) is 0 Å². The third-order valence-corrected chi connectivity index (χ3v) is 6.98. The number of hydrogen-bond donors (Lipinski definition) is 1. The maximum Gasteiger partial charge on any atom is 0.315 e. The largest absolute Gasteiger partial charge is 0.492 e. The molecular weight excluding hydrogens is 404 g/mol. The third-order valence-electron chi connectivity index (χ3n) is 4.13. The van der Waals surface area contributed by atoms with Gasteiger partial charge in [-0.15, -0.1) is 11.8 Å². The number of thioether (sulfide) groups is 1. The molecule has 0 unspecified atom stereocenters. The second-order valence-corrected chi connectivity index (χ2v) is 9.14. The molecular formula is C18H26N2O6S2. The fourth-order valence-electron chi connectivity index (χ4n) is 2.73. The summed E-state index contributed by atoms with van der Waals surface area (Å²) in [7, 11) is -2.37. The van der Waals surface area contributed by atoms with E-state index in [0.29, 0.717) is 31.1 Å². The molecule has 0 atom stereocenters. The van der Waals surface area contributed by atoms with Gasteiger partial charge in [0.25, 0.3) is 0 Å². The van der Waals surface area contributed by atoms with Crippen LogP contribution in [0, 0.1) is 0 Å². The number of sulfonamides is 1. The molecule has 0 spiro atoms. The topological polar surface area (TPSA) is 102 Å². The summed E-state index contributed by atoms with van der Waals surface area (Å²) in [6, 6.07) is 4.62. The van der Waals surface area contributed by atoms with Crippen LogP contribution >= 0.6 is 11.8 Å². The summed E-state index contributed by atoms with van der Waals surface area (Å²) < 4.78 is 37.4. The van der Waals surface area contributed by atoms with E-state index in [4.69, 9.17) is 4.74 Å². The SMILES string of the molecule is CCOc1ccc(NC(=O)CCSCC(=O)OC)cc1S(=O)(=O)N1CCCC1. The van der Waals surface area contributed by atoms with Crippen LogP contribution in [0.4, 0.5) is 5.69 Å². The van der Waals surface area contributed by atoms with Gasteiger partial charge in [0.15, 0.2) is 0 Å². The molecule has 8 nitrogen and oxygen atoms in total. The van der Waals surface area contributed by atoms with E-state index in [0.717, 1.165) is 12.8 Å². The van der Waals surface area contributed by atoms with Crippen LogP contribution in [0.25, 0.3) is 0 Å². The summed E-state index contributed by atoms with van der Waals surface area (Å²) in [5.74, 6) is 0.322. The Labute approximate surface area is 170 Å². The number of nitrogens with one attached hydrogen (secondary N) is 1. The summed E-state index contributed by atoms with van der Waals surface area (Å²) >= 11 is 1.30. The Morgan fingerprint density at radius 2 is 1.96 bits per heavy atom. The maximum atomic E-state index is 13.0. The molecule has 0 saturated carbocycles. The fraction of sp³-hybridized carbons (Fsp3) is 0.556. The lowest BCUT2D eigenvalue weighted by Gasteiger charge is -2.19. The van der Waals surface area contributed by atoms with Gasteiger partial charge in [0, 0.05) is 31.0 Å². The minimum atomic E-state index is -3.68. The van der Waals surface area contributed by atoms with Crippen molar-refractivity contribution < 1.29 is 27.5 Å². The quantitative estimate of drug-likeness (QED) is 0.448. The second kappa shape index (κ2) is 10.7. The zero-order chi connectivity index (χ0) is 20.6. The van der Waals surface area contributed by atoms with Gasteiger partial charge in [-0.25, -0.2) is 8.42 Å². The number of carbonyl (C=O) groups excluding carboxylic acids is 2. The summed E-state index contributed by atoms with van der Waals surface area (Å²) in [5.41, 5.74) is 0.393. The van der Waals surface area contributed by atoms with Crippen LogP contribution in [0.5, 0.6) is 5.75 Å². The summed E-state index contributed by atoms with van der Waals surface area (Å²) in [6.45, 7) is 3.10. The first-order chi connectivity index (χ1) is 13.4. The molecule has 0 aromatic heterocycles. The van der Waals surface area contributed by atoms with E-state index >= 15 is 0 Å². The molecule has 1 heterocycles. The minimum Gasteiger partial charge on any atom is -0.492 e. The van der Waals surface area contributed by atoms with E-state index in [1.54, 1.807) is 19.1 Å².